The Morgan fingerprint density at radius 2 is 1.71 bits per heavy atom. The van der Waals surface area contributed by atoms with E-state index in [1.54, 1.807) is 17.1 Å². The van der Waals surface area contributed by atoms with E-state index < -0.39 is 0 Å². The summed E-state index contributed by atoms with van der Waals surface area (Å²) >= 11 is 3.45. The first-order chi connectivity index (χ1) is 13.6. The summed E-state index contributed by atoms with van der Waals surface area (Å²) in [7, 11) is 0. The van der Waals surface area contributed by atoms with Crippen LogP contribution in [0.4, 0.5) is 9.18 Å². The fraction of sp³-hybridized carbons (Fsp3) is 0.364. The number of benzene rings is 2. The minimum atomic E-state index is -0.283. The van der Waals surface area contributed by atoms with Crippen LogP contribution in [0.2, 0.25) is 0 Å². The Kier molecular flexibility index (Phi) is 5.76. The van der Waals surface area contributed by atoms with Crippen molar-refractivity contribution in [2.75, 3.05) is 0 Å². The highest BCUT2D eigenvalue weighted by molar-refractivity contribution is 9.10. The van der Waals surface area contributed by atoms with E-state index in [4.69, 9.17) is 0 Å². The number of amides is 2. The number of carbonyl (C=O) groups excluding carboxylic acids is 1. The molecule has 28 heavy (non-hydrogen) atoms. The van der Waals surface area contributed by atoms with Crippen LogP contribution in [-0.4, -0.2) is 22.8 Å². The molecule has 1 fully saturated rings. The molecule has 0 radical (unpaired) electrons. The summed E-state index contributed by atoms with van der Waals surface area (Å²) in [4.78, 5) is 13.0. The number of urea groups is 1. The van der Waals surface area contributed by atoms with Crippen molar-refractivity contribution in [3.8, 4) is 0 Å². The summed E-state index contributed by atoms with van der Waals surface area (Å²) in [5.74, 6) is -0.283. The standard InChI is InChI=1S/C22H23BrFN3O/c23-17-10-6-15(7-11-17)20-14-21(16-8-12-18(24)13-9-16)27(26-20)22(28)25-19-4-2-1-3-5-19/h6-13,19,21H,1-5,14H2,(H,25,28). The molecule has 2 aromatic rings. The van der Waals surface area contributed by atoms with E-state index in [-0.39, 0.29) is 23.9 Å². The van der Waals surface area contributed by atoms with Crippen LogP contribution in [0.3, 0.4) is 0 Å². The second-order valence-electron chi connectivity index (χ2n) is 7.45. The predicted octanol–water partition coefficient (Wildman–Crippen LogP) is 5.78. The number of nitrogens with one attached hydrogen (secondary N) is 1. The Bertz CT molecular complexity index is 860. The summed E-state index contributed by atoms with van der Waals surface area (Å²) < 4.78 is 14.4. The molecule has 1 saturated carbocycles. The molecule has 1 aliphatic carbocycles. The van der Waals surface area contributed by atoms with Crippen LogP contribution in [0.15, 0.2) is 58.1 Å². The van der Waals surface area contributed by atoms with Crippen molar-refractivity contribution in [1.29, 1.82) is 0 Å². The van der Waals surface area contributed by atoms with E-state index in [1.165, 1.54) is 18.6 Å². The first-order valence-electron chi connectivity index (χ1n) is 9.79. The molecular formula is C22H23BrFN3O. The van der Waals surface area contributed by atoms with E-state index in [9.17, 15) is 9.18 Å². The molecule has 1 aliphatic heterocycles. The van der Waals surface area contributed by atoms with Crippen molar-refractivity contribution < 1.29 is 9.18 Å². The van der Waals surface area contributed by atoms with Crippen LogP contribution in [0.1, 0.15) is 55.7 Å². The number of hydrogen-bond donors (Lipinski definition) is 1. The average molecular weight is 444 g/mol. The van der Waals surface area contributed by atoms with E-state index in [0.29, 0.717) is 6.42 Å². The molecular weight excluding hydrogens is 421 g/mol. The first kappa shape index (κ1) is 19.1. The van der Waals surface area contributed by atoms with Gasteiger partial charge in [0.1, 0.15) is 5.82 Å². The normalized spacial score (nSPS) is 20.1. The van der Waals surface area contributed by atoms with Gasteiger partial charge < -0.3 is 5.32 Å². The molecule has 0 spiro atoms. The van der Waals surface area contributed by atoms with Crippen LogP contribution in [0.25, 0.3) is 0 Å². The Morgan fingerprint density at radius 1 is 1.04 bits per heavy atom. The second kappa shape index (κ2) is 8.43. The van der Waals surface area contributed by atoms with Crippen molar-refractivity contribution in [3.63, 3.8) is 0 Å². The fourth-order valence-electron chi connectivity index (χ4n) is 3.95. The van der Waals surface area contributed by atoms with Gasteiger partial charge in [0.05, 0.1) is 11.8 Å². The Balaban J connectivity index is 1.59. The molecule has 4 nitrogen and oxygen atoms in total. The van der Waals surface area contributed by atoms with Gasteiger partial charge >= 0.3 is 6.03 Å². The Labute approximate surface area is 172 Å². The van der Waals surface area contributed by atoms with Crippen molar-refractivity contribution in [1.82, 2.24) is 10.3 Å². The largest absolute Gasteiger partial charge is 0.338 e. The van der Waals surface area contributed by atoms with Crippen LogP contribution >= 0.6 is 15.9 Å². The van der Waals surface area contributed by atoms with Crippen molar-refractivity contribution in [3.05, 3.63) is 69.9 Å². The van der Waals surface area contributed by atoms with Gasteiger partial charge in [-0.25, -0.2) is 14.2 Å². The van der Waals surface area contributed by atoms with Crippen molar-refractivity contribution >= 4 is 27.7 Å². The number of halogens is 2. The van der Waals surface area contributed by atoms with Crippen LogP contribution in [-0.2, 0) is 0 Å². The van der Waals surface area contributed by atoms with Crippen molar-refractivity contribution in [2.45, 2.75) is 50.6 Å². The molecule has 6 heteroatoms. The highest BCUT2D eigenvalue weighted by Crippen LogP contribution is 2.33. The molecule has 0 saturated heterocycles. The topological polar surface area (TPSA) is 44.7 Å². The lowest BCUT2D eigenvalue weighted by Gasteiger charge is -2.27. The highest BCUT2D eigenvalue weighted by atomic mass is 79.9. The third-order valence-corrected chi connectivity index (χ3v) is 6.01. The van der Waals surface area contributed by atoms with Gasteiger partial charge in [-0.15, -0.1) is 0 Å². The van der Waals surface area contributed by atoms with Gasteiger partial charge in [0.15, 0.2) is 0 Å². The molecule has 2 aromatic carbocycles. The lowest BCUT2D eigenvalue weighted by atomic mass is 9.95. The molecule has 1 N–H and O–H groups in total. The zero-order valence-corrected chi connectivity index (χ0v) is 17.2. The third-order valence-electron chi connectivity index (χ3n) is 5.48. The summed E-state index contributed by atoms with van der Waals surface area (Å²) in [6.07, 6.45) is 6.18. The van der Waals surface area contributed by atoms with Gasteiger partial charge in [0.25, 0.3) is 0 Å². The van der Waals surface area contributed by atoms with Gasteiger partial charge in [0.2, 0.25) is 0 Å². The maximum atomic E-state index is 13.4. The number of rotatable bonds is 3. The number of hydrogen-bond acceptors (Lipinski definition) is 2. The molecule has 0 bridgehead atoms. The van der Waals surface area contributed by atoms with E-state index in [1.807, 2.05) is 24.3 Å². The SMILES string of the molecule is O=C(NC1CCCCC1)N1N=C(c2ccc(Br)cc2)CC1c1ccc(F)cc1. The van der Waals surface area contributed by atoms with E-state index in [2.05, 4.69) is 26.3 Å². The predicted molar refractivity (Wildman–Crippen MR) is 112 cm³/mol. The Hall–Kier alpha value is -2.21. The monoisotopic (exact) mass is 443 g/mol. The molecule has 4 rings (SSSR count). The average Bonchev–Trinajstić information content (AvgIpc) is 3.15. The molecule has 1 unspecified atom stereocenters. The van der Waals surface area contributed by atoms with E-state index in [0.717, 1.165) is 47.0 Å². The lowest BCUT2D eigenvalue weighted by Crippen LogP contribution is -2.43. The smallest absolute Gasteiger partial charge is 0.334 e. The maximum absolute atomic E-state index is 13.4. The lowest BCUT2D eigenvalue weighted by molar-refractivity contribution is 0.178. The quantitative estimate of drug-likeness (QED) is 0.641. The highest BCUT2D eigenvalue weighted by Gasteiger charge is 2.34. The van der Waals surface area contributed by atoms with Crippen LogP contribution in [0, 0.1) is 5.82 Å². The molecule has 2 amide bonds. The fourth-order valence-corrected chi connectivity index (χ4v) is 4.21. The minimum absolute atomic E-state index is 0.173. The van der Waals surface area contributed by atoms with Gasteiger partial charge in [0, 0.05) is 16.9 Å². The maximum Gasteiger partial charge on any atom is 0.338 e. The summed E-state index contributed by atoms with van der Waals surface area (Å²) in [6, 6.07) is 14.1. The van der Waals surface area contributed by atoms with Gasteiger partial charge in [-0.1, -0.05) is 59.5 Å². The summed E-state index contributed by atoms with van der Waals surface area (Å²) in [5.41, 5.74) is 2.74. The third kappa shape index (κ3) is 4.27. The van der Waals surface area contributed by atoms with Crippen LogP contribution in [0.5, 0.6) is 0 Å². The number of carbonyl (C=O) groups is 1. The zero-order chi connectivity index (χ0) is 19.5. The summed E-state index contributed by atoms with van der Waals surface area (Å²) in [6.45, 7) is 0. The Morgan fingerprint density at radius 3 is 2.39 bits per heavy atom. The molecule has 2 aliphatic rings. The zero-order valence-electron chi connectivity index (χ0n) is 15.6. The van der Waals surface area contributed by atoms with Crippen molar-refractivity contribution in [2.24, 2.45) is 5.10 Å². The van der Waals surface area contributed by atoms with Gasteiger partial charge in [-0.3, -0.25) is 0 Å². The molecule has 0 aromatic heterocycles. The molecule has 1 heterocycles. The summed E-state index contributed by atoms with van der Waals surface area (Å²) in [5, 5.41) is 9.35. The van der Waals surface area contributed by atoms with Gasteiger partial charge in [-0.05, 0) is 48.2 Å². The van der Waals surface area contributed by atoms with Gasteiger partial charge in [-0.2, -0.15) is 5.10 Å². The second-order valence-corrected chi connectivity index (χ2v) is 8.37. The molecule has 1 atom stereocenters. The van der Waals surface area contributed by atoms with Crippen LogP contribution < -0.4 is 5.32 Å². The molecule has 146 valence electrons. The first-order valence-corrected chi connectivity index (χ1v) is 10.6. The number of nitrogens with zero attached hydrogens (tertiary/aromatic N) is 2. The van der Waals surface area contributed by atoms with E-state index >= 15 is 0 Å². The minimum Gasteiger partial charge on any atom is -0.334 e. The number of hydrazone groups is 1.